The highest BCUT2D eigenvalue weighted by atomic mass is 35.5. The van der Waals surface area contributed by atoms with Crippen molar-refractivity contribution in [3.05, 3.63) is 74.7 Å². The van der Waals surface area contributed by atoms with Gasteiger partial charge in [0, 0.05) is 28.2 Å². The van der Waals surface area contributed by atoms with E-state index in [-0.39, 0.29) is 11.3 Å². The van der Waals surface area contributed by atoms with Crippen LogP contribution in [0.1, 0.15) is 5.01 Å². The Morgan fingerprint density at radius 2 is 2.00 bits per heavy atom. The van der Waals surface area contributed by atoms with Crippen molar-refractivity contribution in [2.45, 2.75) is 0 Å². The Kier molecular flexibility index (Phi) is 5.52. The van der Waals surface area contributed by atoms with Crippen LogP contribution in [-0.4, -0.2) is 4.98 Å². The zero-order valence-electron chi connectivity index (χ0n) is 12.9. The summed E-state index contributed by atoms with van der Waals surface area (Å²) in [6.07, 6.45) is 1.32. The van der Waals surface area contributed by atoms with Crippen molar-refractivity contribution in [1.82, 2.24) is 4.98 Å². The van der Waals surface area contributed by atoms with E-state index >= 15 is 0 Å². The number of allylic oxidation sites excluding steroid dienone is 1. The minimum Gasteiger partial charge on any atom is -0.358 e. The lowest BCUT2D eigenvalue weighted by atomic mass is 10.2. The Labute approximate surface area is 162 Å². The van der Waals surface area contributed by atoms with E-state index in [2.05, 4.69) is 10.3 Å². The van der Waals surface area contributed by atoms with E-state index < -0.39 is 11.6 Å². The highest BCUT2D eigenvalue weighted by Gasteiger charge is 2.12. The number of hydrogen-bond donors (Lipinski definition) is 1. The molecule has 8 heteroatoms. The molecular weight excluding hydrogens is 399 g/mol. The van der Waals surface area contributed by atoms with Crippen molar-refractivity contribution in [1.29, 1.82) is 5.26 Å². The molecule has 26 heavy (non-hydrogen) atoms. The molecule has 0 fully saturated rings. The lowest BCUT2D eigenvalue weighted by Crippen LogP contribution is -1.94. The van der Waals surface area contributed by atoms with Gasteiger partial charge in [0.2, 0.25) is 0 Å². The molecular formula is C18H9Cl2F2N3S. The molecule has 0 aliphatic carbocycles. The minimum absolute atomic E-state index is 0.0525. The number of thiazole rings is 1. The molecule has 1 N–H and O–H groups in total. The third-order valence-corrected chi connectivity index (χ3v) is 4.79. The largest absolute Gasteiger partial charge is 0.358 e. The highest BCUT2D eigenvalue weighted by molar-refractivity contribution is 7.11. The third kappa shape index (κ3) is 4.02. The van der Waals surface area contributed by atoms with E-state index in [0.29, 0.717) is 26.3 Å². The molecule has 1 aromatic heterocycles. The average Bonchev–Trinajstić information content (AvgIpc) is 3.06. The Balaban J connectivity index is 1.87. The zero-order chi connectivity index (χ0) is 18.7. The topological polar surface area (TPSA) is 48.7 Å². The maximum absolute atomic E-state index is 13.7. The van der Waals surface area contributed by atoms with Crippen LogP contribution in [0.15, 0.2) is 48.0 Å². The van der Waals surface area contributed by atoms with Crippen molar-refractivity contribution >= 4 is 45.8 Å². The van der Waals surface area contributed by atoms with Crippen LogP contribution in [0.25, 0.3) is 16.8 Å². The Hall–Kier alpha value is -2.46. The molecule has 1 heterocycles. The van der Waals surface area contributed by atoms with Crippen LogP contribution in [0.3, 0.4) is 0 Å². The second kappa shape index (κ2) is 7.83. The molecule has 0 unspecified atom stereocenters. The van der Waals surface area contributed by atoms with Crippen LogP contribution in [0, 0.1) is 23.0 Å². The Bertz CT molecular complexity index is 1040. The van der Waals surface area contributed by atoms with E-state index in [9.17, 15) is 14.0 Å². The van der Waals surface area contributed by atoms with E-state index in [1.807, 2.05) is 6.07 Å². The van der Waals surface area contributed by atoms with Gasteiger partial charge in [0.15, 0.2) is 0 Å². The average molecular weight is 408 g/mol. The normalized spacial score (nSPS) is 11.3. The number of aromatic nitrogens is 1. The molecule has 0 amide bonds. The van der Waals surface area contributed by atoms with Gasteiger partial charge < -0.3 is 5.32 Å². The van der Waals surface area contributed by atoms with E-state index in [1.165, 1.54) is 23.6 Å². The first kappa shape index (κ1) is 18.3. The molecule has 130 valence electrons. The highest BCUT2D eigenvalue weighted by Crippen LogP contribution is 2.32. The molecule has 2 aromatic carbocycles. The van der Waals surface area contributed by atoms with Crippen molar-refractivity contribution in [3.63, 3.8) is 0 Å². The molecule has 0 radical (unpaired) electrons. The number of rotatable bonds is 4. The number of nitrogens with zero attached hydrogens (tertiary/aromatic N) is 2. The Morgan fingerprint density at radius 1 is 1.19 bits per heavy atom. The maximum Gasteiger partial charge on any atom is 0.149 e. The number of nitrogens with one attached hydrogen (secondary N) is 1. The predicted molar refractivity (Wildman–Crippen MR) is 101 cm³/mol. The van der Waals surface area contributed by atoms with Gasteiger partial charge in [0.05, 0.1) is 16.4 Å². The lowest BCUT2D eigenvalue weighted by molar-refractivity contribution is 0.586. The molecule has 0 saturated heterocycles. The molecule has 0 spiro atoms. The van der Waals surface area contributed by atoms with Gasteiger partial charge in [-0.1, -0.05) is 23.2 Å². The fourth-order valence-corrected chi connectivity index (χ4v) is 3.41. The first-order chi connectivity index (χ1) is 12.5. The molecule has 0 aliphatic rings. The van der Waals surface area contributed by atoms with Gasteiger partial charge in [-0.15, -0.1) is 11.3 Å². The molecule has 3 nitrogen and oxygen atoms in total. The third-order valence-electron chi connectivity index (χ3n) is 3.37. The molecule has 3 aromatic rings. The summed E-state index contributed by atoms with van der Waals surface area (Å²) in [5.74, 6) is -1.44. The van der Waals surface area contributed by atoms with Gasteiger partial charge >= 0.3 is 0 Å². The van der Waals surface area contributed by atoms with Gasteiger partial charge in [-0.3, -0.25) is 0 Å². The van der Waals surface area contributed by atoms with E-state index in [1.54, 1.807) is 23.6 Å². The number of halogens is 4. The zero-order valence-corrected chi connectivity index (χ0v) is 15.3. The van der Waals surface area contributed by atoms with Crippen molar-refractivity contribution in [3.8, 4) is 17.3 Å². The van der Waals surface area contributed by atoms with Crippen LogP contribution in [0.4, 0.5) is 14.5 Å². The summed E-state index contributed by atoms with van der Waals surface area (Å²) >= 11 is 13.3. The smallest absolute Gasteiger partial charge is 0.149 e. The first-order valence-corrected chi connectivity index (χ1v) is 8.84. The number of anilines is 1. The standard InChI is InChI=1S/C18H9Cl2F2N3S/c19-11-1-3-13(14(20)5-11)17-9-26-18(25-17)10(7-23)8-24-16-4-2-12(21)6-15(16)22/h1-6,8-9,24H/b10-8+. The number of hydrogen-bond acceptors (Lipinski definition) is 4. The monoisotopic (exact) mass is 407 g/mol. The van der Waals surface area contributed by atoms with Crippen LogP contribution in [0.2, 0.25) is 10.0 Å². The molecule has 0 atom stereocenters. The Morgan fingerprint density at radius 3 is 2.69 bits per heavy atom. The van der Waals surface area contributed by atoms with E-state index in [0.717, 1.165) is 12.1 Å². The molecule has 0 saturated carbocycles. The molecule has 0 aliphatic heterocycles. The first-order valence-electron chi connectivity index (χ1n) is 7.21. The summed E-state index contributed by atoms with van der Waals surface area (Å²) in [5.41, 5.74) is 1.54. The van der Waals surface area contributed by atoms with Crippen LogP contribution in [0.5, 0.6) is 0 Å². The molecule has 3 rings (SSSR count). The second-order valence-corrected chi connectivity index (χ2v) is 6.80. The quantitative estimate of drug-likeness (QED) is 0.510. The van der Waals surface area contributed by atoms with Gasteiger partial charge in [-0.05, 0) is 30.3 Å². The summed E-state index contributed by atoms with van der Waals surface area (Å²) in [4.78, 5) is 4.40. The summed E-state index contributed by atoms with van der Waals surface area (Å²) in [5, 5.41) is 15.2. The SMILES string of the molecule is N#C/C(=C\Nc1ccc(F)cc1F)c1nc(-c2ccc(Cl)cc2Cl)cs1. The van der Waals surface area contributed by atoms with E-state index in [4.69, 9.17) is 23.2 Å². The lowest BCUT2D eigenvalue weighted by Gasteiger charge is -2.03. The molecule has 0 bridgehead atoms. The number of benzene rings is 2. The van der Waals surface area contributed by atoms with Crippen LogP contribution >= 0.6 is 34.5 Å². The van der Waals surface area contributed by atoms with Crippen LogP contribution in [-0.2, 0) is 0 Å². The summed E-state index contributed by atoms with van der Waals surface area (Å²) in [7, 11) is 0. The number of nitriles is 1. The predicted octanol–water partition coefficient (Wildman–Crippen LogP) is 6.37. The summed E-state index contributed by atoms with van der Waals surface area (Å²) in [6.45, 7) is 0. The summed E-state index contributed by atoms with van der Waals surface area (Å²) < 4.78 is 26.6. The second-order valence-electron chi connectivity index (χ2n) is 5.10. The van der Waals surface area contributed by atoms with Crippen molar-refractivity contribution < 1.29 is 8.78 Å². The van der Waals surface area contributed by atoms with Crippen molar-refractivity contribution in [2.75, 3.05) is 5.32 Å². The fraction of sp³-hybridized carbons (Fsp3) is 0. The van der Waals surface area contributed by atoms with Gasteiger partial charge in [-0.25, -0.2) is 13.8 Å². The van der Waals surface area contributed by atoms with Crippen LogP contribution < -0.4 is 5.32 Å². The van der Waals surface area contributed by atoms with Crippen molar-refractivity contribution in [2.24, 2.45) is 0 Å². The van der Waals surface area contributed by atoms with Gasteiger partial charge in [0.1, 0.15) is 28.3 Å². The fourth-order valence-electron chi connectivity index (χ4n) is 2.12. The maximum atomic E-state index is 13.7. The van der Waals surface area contributed by atoms with Gasteiger partial charge in [0.25, 0.3) is 0 Å². The summed E-state index contributed by atoms with van der Waals surface area (Å²) in [6, 6.07) is 10.2. The van der Waals surface area contributed by atoms with Gasteiger partial charge in [-0.2, -0.15) is 5.26 Å². The minimum atomic E-state index is -0.758.